The molecule has 0 saturated heterocycles. The van der Waals surface area contributed by atoms with Gasteiger partial charge in [-0.25, -0.2) is 5.84 Å². The lowest BCUT2D eigenvalue weighted by Gasteiger charge is -1.91. The molecule has 0 saturated carbocycles. The Kier molecular flexibility index (Phi) is 4.14. The Balaban J connectivity index is 2.74. The van der Waals surface area contributed by atoms with Crippen LogP contribution in [0.15, 0.2) is 18.2 Å². The Labute approximate surface area is 88.7 Å². The van der Waals surface area contributed by atoms with Gasteiger partial charge in [-0.05, 0) is 18.2 Å². The van der Waals surface area contributed by atoms with Crippen LogP contribution in [-0.4, -0.2) is 11.2 Å². The van der Waals surface area contributed by atoms with Crippen LogP contribution in [-0.2, 0) is 0 Å². The quantitative estimate of drug-likeness (QED) is 0.377. The number of allylic oxidation sites excluding steroid dienone is 1. The van der Waals surface area contributed by atoms with Gasteiger partial charge in [-0.2, -0.15) is 0 Å². The second-order valence-electron chi connectivity index (χ2n) is 2.23. The van der Waals surface area contributed by atoms with E-state index in [-0.39, 0.29) is 5.91 Å². The zero-order chi connectivity index (χ0) is 9.68. The first kappa shape index (κ1) is 10.4. The van der Waals surface area contributed by atoms with Crippen LogP contribution >= 0.6 is 27.3 Å². The predicted molar refractivity (Wildman–Crippen MR) is 58.8 cm³/mol. The highest BCUT2D eigenvalue weighted by atomic mass is 79.9. The maximum absolute atomic E-state index is 11.0. The molecule has 0 aliphatic rings. The van der Waals surface area contributed by atoms with Gasteiger partial charge in [0.2, 0.25) is 0 Å². The number of carbonyl (C=O) groups is 1. The number of carbonyl (C=O) groups excluding carboxylic acids is 1. The highest BCUT2D eigenvalue weighted by Crippen LogP contribution is 2.17. The number of alkyl halides is 1. The van der Waals surface area contributed by atoms with E-state index in [0.29, 0.717) is 4.88 Å². The van der Waals surface area contributed by atoms with Crippen LogP contribution in [0.5, 0.6) is 0 Å². The van der Waals surface area contributed by atoms with Crippen molar-refractivity contribution in [1.29, 1.82) is 0 Å². The molecule has 3 nitrogen and oxygen atoms in total. The van der Waals surface area contributed by atoms with Gasteiger partial charge in [0, 0.05) is 10.2 Å². The van der Waals surface area contributed by atoms with Gasteiger partial charge >= 0.3 is 0 Å². The van der Waals surface area contributed by atoms with Gasteiger partial charge in [0.05, 0.1) is 4.88 Å². The van der Waals surface area contributed by atoms with Crippen LogP contribution in [0.4, 0.5) is 0 Å². The summed E-state index contributed by atoms with van der Waals surface area (Å²) < 4.78 is 0. The third-order valence-corrected chi connectivity index (χ3v) is 2.78. The third-order valence-electron chi connectivity index (χ3n) is 1.35. The van der Waals surface area contributed by atoms with Crippen LogP contribution in [0.3, 0.4) is 0 Å². The Bertz CT molecular complexity index is 322. The van der Waals surface area contributed by atoms with E-state index in [4.69, 9.17) is 5.84 Å². The lowest BCUT2D eigenvalue weighted by Crippen LogP contribution is -2.29. The van der Waals surface area contributed by atoms with Crippen LogP contribution < -0.4 is 11.3 Å². The van der Waals surface area contributed by atoms with Crippen LogP contribution in [0.25, 0.3) is 6.08 Å². The van der Waals surface area contributed by atoms with Gasteiger partial charge in [-0.3, -0.25) is 10.2 Å². The van der Waals surface area contributed by atoms with E-state index in [1.807, 2.05) is 18.2 Å². The zero-order valence-corrected chi connectivity index (χ0v) is 9.19. The maximum atomic E-state index is 11.0. The minimum Gasteiger partial charge on any atom is -0.289 e. The highest BCUT2D eigenvalue weighted by molar-refractivity contribution is 9.09. The van der Waals surface area contributed by atoms with E-state index < -0.39 is 0 Å². The lowest BCUT2D eigenvalue weighted by molar-refractivity contribution is 0.0957. The molecule has 5 heteroatoms. The number of halogens is 1. The monoisotopic (exact) mass is 260 g/mol. The minimum atomic E-state index is -0.247. The van der Waals surface area contributed by atoms with E-state index in [0.717, 1.165) is 10.2 Å². The lowest BCUT2D eigenvalue weighted by atomic mass is 10.4. The van der Waals surface area contributed by atoms with Crippen LogP contribution in [0, 0.1) is 0 Å². The molecule has 1 aromatic rings. The van der Waals surface area contributed by atoms with Crippen LogP contribution in [0.2, 0.25) is 0 Å². The molecule has 0 spiro atoms. The Hall–Kier alpha value is -0.650. The molecule has 1 aromatic heterocycles. The van der Waals surface area contributed by atoms with Gasteiger partial charge in [0.25, 0.3) is 5.91 Å². The molecule has 0 radical (unpaired) electrons. The molecule has 0 aromatic carbocycles. The van der Waals surface area contributed by atoms with Gasteiger partial charge in [-0.1, -0.05) is 22.0 Å². The smallest absolute Gasteiger partial charge is 0.275 e. The molecule has 13 heavy (non-hydrogen) atoms. The van der Waals surface area contributed by atoms with Crippen molar-refractivity contribution in [2.75, 3.05) is 5.33 Å². The summed E-state index contributed by atoms with van der Waals surface area (Å²) in [6, 6.07) is 3.63. The maximum Gasteiger partial charge on any atom is 0.275 e. The van der Waals surface area contributed by atoms with Crippen LogP contribution in [0.1, 0.15) is 14.5 Å². The standard InChI is InChI=1S/C8H9BrN2OS/c9-5-1-2-6-3-4-7(13-6)8(12)11-10/h1-4H,5,10H2,(H,11,12). The van der Waals surface area contributed by atoms with Crippen molar-refractivity contribution in [1.82, 2.24) is 5.43 Å². The molecule has 0 fully saturated rings. The van der Waals surface area contributed by atoms with Crippen molar-refractivity contribution in [3.05, 3.63) is 28.0 Å². The van der Waals surface area contributed by atoms with E-state index in [2.05, 4.69) is 21.4 Å². The Morgan fingerprint density at radius 2 is 2.46 bits per heavy atom. The summed E-state index contributed by atoms with van der Waals surface area (Å²) in [5, 5.41) is 0.809. The second-order valence-corrected chi connectivity index (χ2v) is 3.99. The molecular formula is C8H9BrN2OS. The average Bonchev–Trinajstić information content (AvgIpc) is 2.62. The van der Waals surface area contributed by atoms with Crippen molar-refractivity contribution in [2.45, 2.75) is 0 Å². The van der Waals surface area contributed by atoms with Gasteiger partial charge in [0.15, 0.2) is 0 Å². The number of hydrogen-bond acceptors (Lipinski definition) is 3. The fourth-order valence-corrected chi connectivity index (χ4v) is 1.83. The van der Waals surface area contributed by atoms with Gasteiger partial charge < -0.3 is 0 Å². The fourth-order valence-electron chi connectivity index (χ4n) is 0.796. The Morgan fingerprint density at radius 1 is 1.69 bits per heavy atom. The summed E-state index contributed by atoms with van der Waals surface area (Å²) in [4.78, 5) is 12.7. The average molecular weight is 261 g/mol. The summed E-state index contributed by atoms with van der Waals surface area (Å²) in [7, 11) is 0. The number of thiophene rings is 1. The first-order chi connectivity index (χ1) is 6.27. The first-order valence-corrected chi connectivity index (χ1v) is 5.55. The summed E-state index contributed by atoms with van der Waals surface area (Å²) in [5.74, 6) is 4.75. The van der Waals surface area contributed by atoms with Crippen molar-refractivity contribution in [2.24, 2.45) is 5.84 Å². The SMILES string of the molecule is NNC(=O)c1ccc(C=CCBr)s1. The molecule has 0 bridgehead atoms. The minimum absolute atomic E-state index is 0.247. The normalized spacial score (nSPS) is 10.6. The molecule has 0 aliphatic heterocycles. The number of hydrazine groups is 1. The van der Waals surface area contributed by atoms with Crippen molar-refractivity contribution < 1.29 is 4.79 Å². The second kappa shape index (κ2) is 5.16. The number of nitrogens with one attached hydrogen (secondary N) is 1. The van der Waals surface area contributed by atoms with Crippen molar-refractivity contribution >= 4 is 39.2 Å². The molecule has 3 N–H and O–H groups in total. The third kappa shape index (κ3) is 2.95. The van der Waals surface area contributed by atoms with Crippen molar-refractivity contribution in [3.8, 4) is 0 Å². The molecule has 0 atom stereocenters. The van der Waals surface area contributed by atoms with Gasteiger partial charge in [-0.15, -0.1) is 11.3 Å². The van der Waals surface area contributed by atoms with E-state index in [1.165, 1.54) is 11.3 Å². The summed E-state index contributed by atoms with van der Waals surface area (Å²) in [5.41, 5.74) is 2.09. The number of amides is 1. The van der Waals surface area contributed by atoms with Gasteiger partial charge in [0.1, 0.15) is 0 Å². The Morgan fingerprint density at radius 3 is 3.08 bits per heavy atom. The zero-order valence-electron chi connectivity index (χ0n) is 6.79. The number of hydrogen-bond donors (Lipinski definition) is 2. The molecule has 1 heterocycles. The summed E-state index contributed by atoms with van der Waals surface area (Å²) in [6.45, 7) is 0. The van der Waals surface area contributed by atoms with E-state index in [9.17, 15) is 4.79 Å². The molecule has 1 amide bonds. The number of rotatable bonds is 3. The molecule has 70 valence electrons. The summed E-state index contributed by atoms with van der Waals surface area (Å²) in [6.07, 6.45) is 3.92. The van der Waals surface area contributed by atoms with Crippen molar-refractivity contribution in [3.63, 3.8) is 0 Å². The largest absolute Gasteiger partial charge is 0.289 e. The fraction of sp³-hybridized carbons (Fsp3) is 0.125. The molecule has 1 rings (SSSR count). The van der Waals surface area contributed by atoms with E-state index >= 15 is 0 Å². The first-order valence-electron chi connectivity index (χ1n) is 3.61. The van der Waals surface area contributed by atoms with E-state index in [1.54, 1.807) is 6.07 Å². The predicted octanol–water partition coefficient (Wildman–Crippen LogP) is 1.76. The summed E-state index contributed by atoms with van der Waals surface area (Å²) >= 11 is 4.68. The molecule has 0 aliphatic carbocycles. The molecular weight excluding hydrogens is 252 g/mol. The number of nitrogens with two attached hydrogens (primary N) is 1. The molecule has 0 unspecified atom stereocenters. The topological polar surface area (TPSA) is 55.1 Å². The number of nitrogen functional groups attached to an aromatic ring is 1. The highest BCUT2D eigenvalue weighted by Gasteiger charge is 2.04.